The van der Waals surface area contributed by atoms with E-state index in [-0.39, 0.29) is 24.9 Å². The Morgan fingerprint density at radius 3 is 1.76 bits per heavy atom. The van der Waals surface area contributed by atoms with Gasteiger partial charge in [-0.1, -0.05) is 54.6 Å². The lowest BCUT2D eigenvalue weighted by Crippen LogP contribution is -2.42. The summed E-state index contributed by atoms with van der Waals surface area (Å²) in [6, 6.07) is 25.9. The third-order valence-corrected chi connectivity index (χ3v) is 6.48. The molecule has 5 rings (SSSR count). The fourth-order valence-corrected chi connectivity index (χ4v) is 4.80. The second kappa shape index (κ2) is 9.15. The molecule has 2 aliphatic rings. The molecule has 0 spiro atoms. The van der Waals surface area contributed by atoms with Crippen LogP contribution in [0.1, 0.15) is 16.7 Å². The first-order valence-electron chi connectivity index (χ1n) is 11.1. The van der Waals surface area contributed by atoms with Crippen LogP contribution in [0.25, 0.3) is 0 Å². The maximum absolute atomic E-state index is 10.2. The second-order valence-corrected chi connectivity index (χ2v) is 8.32. The Bertz CT molecular complexity index is 1000. The fourth-order valence-electron chi connectivity index (χ4n) is 4.80. The Hall–Kier alpha value is -2.90. The van der Waals surface area contributed by atoms with Gasteiger partial charge in [-0.3, -0.25) is 0 Å². The molecule has 3 aromatic rings. The fraction of sp³-hybridized carbons (Fsp3) is 0.333. The Balaban J connectivity index is 1.67. The number of methoxy groups -OCH3 is 2. The normalized spacial score (nSPS) is 24.5. The van der Waals surface area contributed by atoms with E-state index >= 15 is 0 Å². The molecule has 0 aromatic heterocycles. The Kier molecular flexibility index (Phi) is 6.08. The average molecular weight is 449 g/mol. The molecule has 2 aliphatic heterocycles. The van der Waals surface area contributed by atoms with Crippen molar-refractivity contribution >= 4 is 0 Å². The SMILES string of the molecule is COc1ccc(C(O[C@@H]2CO[C@H]3[C@@H]2OC[C@H]3O)(c2ccccc2)c2ccc(OC)cc2)cc1. The summed E-state index contributed by atoms with van der Waals surface area (Å²) in [6.07, 6.45) is -1.72. The standard InChI is InChI=1S/C27H28O6/c1-29-21-12-8-19(9-13-21)27(18-6-4-3-5-7-18,20-10-14-22(30-2)15-11-20)33-24-17-32-25-23(28)16-31-26(24)25/h3-15,23-26,28H,16-17H2,1-2H3/t23-,24-,25-,26-/m1/s1. The third-order valence-electron chi connectivity index (χ3n) is 6.48. The highest BCUT2D eigenvalue weighted by Crippen LogP contribution is 2.44. The van der Waals surface area contributed by atoms with Gasteiger partial charge in [0.25, 0.3) is 0 Å². The van der Waals surface area contributed by atoms with Gasteiger partial charge in [0.1, 0.15) is 41.5 Å². The molecule has 0 radical (unpaired) electrons. The first kappa shape index (κ1) is 21.9. The van der Waals surface area contributed by atoms with Gasteiger partial charge >= 0.3 is 0 Å². The molecule has 6 heteroatoms. The average Bonchev–Trinajstić information content (AvgIpc) is 3.46. The molecule has 0 saturated carbocycles. The summed E-state index contributed by atoms with van der Waals surface area (Å²) >= 11 is 0. The van der Waals surface area contributed by atoms with Gasteiger partial charge in [-0.2, -0.15) is 0 Å². The summed E-state index contributed by atoms with van der Waals surface area (Å²) in [5.74, 6) is 1.53. The van der Waals surface area contributed by atoms with E-state index in [0.717, 1.165) is 28.2 Å². The summed E-state index contributed by atoms with van der Waals surface area (Å²) in [5.41, 5.74) is 1.92. The van der Waals surface area contributed by atoms with E-state index in [0.29, 0.717) is 6.61 Å². The van der Waals surface area contributed by atoms with Crippen LogP contribution in [0.4, 0.5) is 0 Å². The van der Waals surface area contributed by atoms with E-state index in [1.54, 1.807) is 14.2 Å². The quantitative estimate of drug-likeness (QED) is 0.558. The van der Waals surface area contributed by atoms with Gasteiger partial charge < -0.3 is 28.8 Å². The summed E-state index contributed by atoms with van der Waals surface area (Å²) in [7, 11) is 3.30. The van der Waals surface area contributed by atoms with Crippen molar-refractivity contribution < 1.29 is 28.8 Å². The molecule has 2 saturated heterocycles. The van der Waals surface area contributed by atoms with Crippen LogP contribution in [0.15, 0.2) is 78.9 Å². The molecule has 1 N–H and O–H groups in total. The van der Waals surface area contributed by atoms with Crippen LogP contribution in [-0.4, -0.2) is 57.0 Å². The first-order valence-corrected chi connectivity index (χ1v) is 11.1. The Labute approximate surface area is 193 Å². The Morgan fingerprint density at radius 2 is 1.21 bits per heavy atom. The van der Waals surface area contributed by atoms with Crippen LogP contribution in [0.3, 0.4) is 0 Å². The number of aliphatic hydroxyl groups is 1. The van der Waals surface area contributed by atoms with E-state index in [1.807, 2.05) is 66.7 Å². The molecule has 2 heterocycles. The molecule has 3 aromatic carbocycles. The Morgan fingerprint density at radius 1 is 0.697 bits per heavy atom. The predicted octanol–water partition coefficient (Wildman–Crippen LogP) is 3.54. The first-order chi connectivity index (χ1) is 16.2. The molecular formula is C27H28O6. The molecule has 0 bridgehead atoms. The van der Waals surface area contributed by atoms with Crippen molar-refractivity contribution in [3.8, 4) is 11.5 Å². The smallest absolute Gasteiger partial charge is 0.144 e. The zero-order chi connectivity index (χ0) is 22.8. The minimum Gasteiger partial charge on any atom is -0.497 e. The van der Waals surface area contributed by atoms with Gasteiger partial charge in [-0.25, -0.2) is 0 Å². The van der Waals surface area contributed by atoms with Crippen LogP contribution in [0.2, 0.25) is 0 Å². The number of ether oxygens (including phenoxy) is 5. The van der Waals surface area contributed by atoms with Crippen LogP contribution >= 0.6 is 0 Å². The van der Waals surface area contributed by atoms with Crippen molar-refractivity contribution in [1.82, 2.24) is 0 Å². The van der Waals surface area contributed by atoms with Gasteiger partial charge in [0.2, 0.25) is 0 Å². The summed E-state index contributed by atoms with van der Waals surface area (Å²) < 4.78 is 29.6. The molecule has 0 amide bonds. The minimum absolute atomic E-state index is 0.249. The van der Waals surface area contributed by atoms with E-state index in [1.165, 1.54) is 0 Å². The second-order valence-electron chi connectivity index (χ2n) is 8.32. The number of hydrogen-bond donors (Lipinski definition) is 1. The number of fused-ring (bicyclic) bond motifs is 1. The summed E-state index contributed by atoms with van der Waals surface area (Å²) in [5, 5.41) is 10.2. The number of benzene rings is 3. The molecule has 4 atom stereocenters. The maximum Gasteiger partial charge on any atom is 0.144 e. The lowest BCUT2D eigenvalue weighted by Gasteiger charge is -2.39. The monoisotopic (exact) mass is 448 g/mol. The highest BCUT2D eigenvalue weighted by Gasteiger charge is 2.51. The van der Waals surface area contributed by atoms with Gasteiger partial charge in [0.15, 0.2) is 0 Å². The molecule has 33 heavy (non-hydrogen) atoms. The van der Waals surface area contributed by atoms with Crippen molar-refractivity contribution in [2.45, 2.75) is 30.0 Å². The predicted molar refractivity (Wildman–Crippen MR) is 123 cm³/mol. The molecule has 2 fully saturated rings. The summed E-state index contributed by atoms with van der Waals surface area (Å²) in [4.78, 5) is 0. The molecule has 172 valence electrons. The molecule has 0 unspecified atom stereocenters. The number of hydrogen-bond acceptors (Lipinski definition) is 6. The molecule has 0 aliphatic carbocycles. The van der Waals surface area contributed by atoms with Crippen LogP contribution in [-0.2, 0) is 19.8 Å². The topological polar surface area (TPSA) is 66.4 Å². The lowest BCUT2D eigenvalue weighted by atomic mass is 9.79. The number of rotatable bonds is 7. The lowest BCUT2D eigenvalue weighted by molar-refractivity contribution is -0.0960. The summed E-state index contributed by atoms with van der Waals surface area (Å²) in [6.45, 7) is 0.589. The van der Waals surface area contributed by atoms with Crippen molar-refractivity contribution in [3.63, 3.8) is 0 Å². The zero-order valence-corrected chi connectivity index (χ0v) is 18.7. The number of aliphatic hydroxyl groups excluding tert-OH is 1. The largest absolute Gasteiger partial charge is 0.497 e. The molecule has 6 nitrogen and oxygen atoms in total. The minimum atomic E-state index is -0.945. The molecular weight excluding hydrogens is 420 g/mol. The third kappa shape index (κ3) is 3.89. The van der Waals surface area contributed by atoms with Crippen LogP contribution < -0.4 is 9.47 Å². The highest BCUT2D eigenvalue weighted by molar-refractivity contribution is 5.50. The van der Waals surface area contributed by atoms with E-state index < -0.39 is 11.7 Å². The van der Waals surface area contributed by atoms with Crippen LogP contribution in [0.5, 0.6) is 11.5 Å². The zero-order valence-electron chi connectivity index (χ0n) is 18.7. The van der Waals surface area contributed by atoms with Gasteiger partial charge in [0, 0.05) is 0 Å². The van der Waals surface area contributed by atoms with Gasteiger partial charge in [-0.05, 0) is 41.0 Å². The van der Waals surface area contributed by atoms with Crippen molar-refractivity contribution in [3.05, 3.63) is 95.6 Å². The van der Waals surface area contributed by atoms with Gasteiger partial charge in [-0.15, -0.1) is 0 Å². The highest BCUT2D eigenvalue weighted by atomic mass is 16.6. The van der Waals surface area contributed by atoms with Crippen molar-refractivity contribution in [2.75, 3.05) is 27.4 Å². The van der Waals surface area contributed by atoms with Crippen LogP contribution in [0, 0.1) is 0 Å². The van der Waals surface area contributed by atoms with Gasteiger partial charge in [0.05, 0.1) is 27.4 Å². The van der Waals surface area contributed by atoms with Crippen molar-refractivity contribution in [2.24, 2.45) is 0 Å². The van der Waals surface area contributed by atoms with E-state index in [2.05, 4.69) is 12.1 Å². The van der Waals surface area contributed by atoms with E-state index in [4.69, 9.17) is 23.7 Å². The van der Waals surface area contributed by atoms with E-state index in [9.17, 15) is 5.11 Å². The van der Waals surface area contributed by atoms with Crippen molar-refractivity contribution in [1.29, 1.82) is 0 Å². The maximum atomic E-state index is 10.2.